The molecular weight excluding hydrogens is 338 g/mol. The van der Waals surface area contributed by atoms with Crippen molar-refractivity contribution in [3.05, 3.63) is 54.5 Å². The fourth-order valence-corrected chi connectivity index (χ4v) is 1.95. The average Bonchev–Trinajstić information content (AvgIpc) is 2.69. The molecule has 0 fully saturated rings. The van der Waals surface area contributed by atoms with E-state index in [0.29, 0.717) is 23.0 Å². The number of hydrogen-bond donors (Lipinski definition) is 1. The molecule has 0 bridgehead atoms. The number of rotatable bonds is 6. The van der Waals surface area contributed by atoms with E-state index >= 15 is 0 Å². The van der Waals surface area contributed by atoms with Crippen LogP contribution in [0.3, 0.4) is 0 Å². The average molecular weight is 353 g/mol. The number of anilines is 1. The van der Waals surface area contributed by atoms with E-state index in [1.807, 2.05) is 0 Å². The molecule has 0 aliphatic carbocycles. The number of nitrogens with zero attached hydrogens (tertiary/aromatic N) is 4. The van der Waals surface area contributed by atoms with Gasteiger partial charge in [-0.15, -0.1) is 0 Å². The van der Waals surface area contributed by atoms with E-state index in [9.17, 15) is 4.79 Å². The molecule has 0 radical (unpaired) electrons. The van der Waals surface area contributed by atoms with Gasteiger partial charge in [0.15, 0.2) is 0 Å². The highest BCUT2D eigenvalue weighted by molar-refractivity contribution is 6.03. The number of ether oxygens (including phenoxy) is 3. The van der Waals surface area contributed by atoms with Crippen LogP contribution in [-0.2, 0) is 0 Å². The molecule has 0 saturated carbocycles. The molecule has 3 rings (SSSR count). The summed E-state index contributed by atoms with van der Waals surface area (Å²) >= 11 is 0. The van der Waals surface area contributed by atoms with Gasteiger partial charge in [-0.3, -0.25) is 9.78 Å². The number of aromatic nitrogens is 4. The van der Waals surface area contributed by atoms with E-state index in [2.05, 4.69) is 25.3 Å². The molecule has 0 aromatic carbocycles. The summed E-state index contributed by atoms with van der Waals surface area (Å²) in [5, 5.41) is 2.72. The molecule has 0 saturated heterocycles. The molecule has 1 amide bonds. The third kappa shape index (κ3) is 4.20. The number of amides is 1. The van der Waals surface area contributed by atoms with Crippen LogP contribution in [0.25, 0.3) is 0 Å². The molecule has 0 spiro atoms. The highest BCUT2D eigenvalue weighted by atomic mass is 16.5. The van der Waals surface area contributed by atoms with Gasteiger partial charge >= 0.3 is 6.01 Å². The molecule has 0 unspecified atom stereocenters. The Labute approximate surface area is 149 Å². The number of hydrogen-bond acceptors (Lipinski definition) is 8. The number of carbonyl (C=O) groups is 1. The minimum atomic E-state index is -0.309. The number of carbonyl (C=O) groups excluding carboxylic acids is 1. The third-order valence-corrected chi connectivity index (χ3v) is 3.19. The molecular formula is C17H15N5O4. The Morgan fingerprint density at radius 1 is 1.00 bits per heavy atom. The van der Waals surface area contributed by atoms with Gasteiger partial charge in [0.1, 0.15) is 0 Å². The van der Waals surface area contributed by atoms with Gasteiger partial charge in [-0.1, -0.05) is 0 Å². The maximum absolute atomic E-state index is 12.2. The fraction of sp³-hybridized carbons (Fsp3) is 0.118. The first kappa shape index (κ1) is 17.1. The van der Waals surface area contributed by atoms with E-state index < -0.39 is 0 Å². The second-order valence-corrected chi connectivity index (χ2v) is 4.92. The largest absolute Gasteiger partial charge is 0.481 e. The molecule has 3 aromatic heterocycles. The lowest BCUT2D eigenvalue weighted by molar-refractivity contribution is 0.102. The summed E-state index contributed by atoms with van der Waals surface area (Å²) in [6.45, 7) is 0. The van der Waals surface area contributed by atoms with Gasteiger partial charge in [0, 0.05) is 18.5 Å². The highest BCUT2D eigenvalue weighted by Gasteiger charge is 2.10. The Morgan fingerprint density at radius 2 is 1.77 bits per heavy atom. The predicted molar refractivity (Wildman–Crippen MR) is 91.6 cm³/mol. The maximum atomic E-state index is 12.2. The Balaban J connectivity index is 1.71. The standard InChI is InChI=1S/C17H15N5O4/c1-24-14-8-15(25-2)22-17(21-14)26-13-6-5-11(9-19-13)16(23)20-12-4-3-7-18-10-12/h3-10H,1-2H3,(H,20,23). The lowest BCUT2D eigenvalue weighted by Crippen LogP contribution is -2.12. The predicted octanol–water partition coefficient (Wildman–Crippen LogP) is 2.33. The quantitative estimate of drug-likeness (QED) is 0.719. The van der Waals surface area contributed by atoms with Crippen LogP contribution >= 0.6 is 0 Å². The van der Waals surface area contributed by atoms with Crippen LogP contribution in [0.15, 0.2) is 48.9 Å². The molecule has 0 aliphatic rings. The van der Waals surface area contributed by atoms with Crippen LogP contribution in [0.1, 0.15) is 10.4 Å². The Bertz CT molecular complexity index is 865. The molecule has 0 aliphatic heterocycles. The molecule has 26 heavy (non-hydrogen) atoms. The first-order valence-electron chi connectivity index (χ1n) is 7.50. The molecule has 1 N–H and O–H groups in total. The van der Waals surface area contributed by atoms with E-state index in [0.717, 1.165) is 0 Å². The summed E-state index contributed by atoms with van der Waals surface area (Å²) in [7, 11) is 2.94. The second-order valence-electron chi connectivity index (χ2n) is 4.92. The van der Waals surface area contributed by atoms with Crippen molar-refractivity contribution in [1.82, 2.24) is 19.9 Å². The van der Waals surface area contributed by atoms with Crippen molar-refractivity contribution in [3.63, 3.8) is 0 Å². The molecule has 9 nitrogen and oxygen atoms in total. The van der Waals surface area contributed by atoms with E-state index in [1.54, 1.807) is 30.6 Å². The van der Waals surface area contributed by atoms with Crippen LogP contribution in [0, 0.1) is 0 Å². The monoisotopic (exact) mass is 353 g/mol. The highest BCUT2D eigenvalue weighted by Crippen LogP contribution is 2.22. The van der Waals surface area contributed by atoms with Crippen molar-refractivity contribution < 1.29 is 19.0 Å². The van der Waals surface area contributed by atoms with Crippen LogP contribution < -0.4 is 19.5 Å². The molecule has 132 valence electrons. The minimum absolute atomic E-state index is 0.0151. The second kappa shape index (κ2) is 7.88. The summed E-state index contributed by atoms with van der Waals surface area (Å²) < 4.78 is 15.6. The van der Waals surface area contributed by atoms with Crippen molar-refractivity contribution in [2.45, 2.75) is 0 Å². The zero-order chi connectivity index (χ0) is 18.4. The van der Waals surface area contributed by atoms with E-state index in [4.69, 9.17) is 14.2 Å². The van der Waals surface area contributed by atoms with Crippen LogP contribution in [0.5, 0.6) is 23.7 Å². The summed E-state index contributed by atoms with van der Waals surface area (Å²) in [6.07, 6.45) is 4.56. The number of methoxy groups -OCH3 is 2. The fourth-order valence-electron chi connectivity index (χ4n) is 1.95. The zero-order valence-corrected chi connectivity index (χ0v) is 14.0. The molecule has 3 heterocycles. The number of pyridine rings is 2. The Morgan fingerprint density at radius 3 is 2.35 bits per heavy atom. The Kier molecular flexibility index (Phi) is 5.18. The normalized spacial score (nSPS) is 10.1. The summed E-state index contributed by atoms with van der Waals surface area (Å²) in [5.41, 5.74) is 0.958. The first-order chi connectivity index (χ1) is 12.7. The van der Waals surface area contributed by atoms with Crippen molar-refractivity contribution >= 4 is 11.6 Å². The van der Waals surface area contributed by atoms with Crippen molar-refractivity contribution in [3.8, 4) is 23.7 Å². The van der Waals surface area contributed by atoms with Crippen molar-refractivity contribution in [1.29, 1.82) is 0 Å². The van der Waals surface area contributed by atoms with E-state index in [1.165, 1.54) is 32.5 Å². The van der Waals surface area contributed by atoms with Gasteiger partial charge in [-0.05, 0) is 18.2 Å². The van der Waals surface area contributed by atoms with Gasteiger partial charge in [-0.2, -0.15) is 9.97 Å². The summed E-state index contributed by atoms with van der Waals surface area (Å²) in [5.74, 6) is 0.494. The lowest BCUT2D eigenvalue weighted by Gasteiger charge is -2.07. The SMILES string of the molecule is COc1cc(OC)nc(Oc2ccc(C(=O)Nc3cccnc3)cn2)n1. The summed E-state index contributed by atoms with van der Waals surface area (Å²) in [4.78, 5) is 28.3. The molecule has 9 heteroatoms. The molecule has 0 atom stereocenters. The maximum Gasteiger partial charge on any atom is 0.330 e. The smallest absolute Gasteiger partial charge is 0.330 e. The van der Waals surface area contributed by atoms with Gasteiger partial charge in [0.2, 0.25) is 17.6 Å². The van der Waals surface area contributed by atoms with Crippen molar-refractivity contribution in [2.24, 2.45) is 0 Å². The van der Waals surface area contributed by atoms with Gasteiger partial charge in [0.05, 0.1) is 37.7 Å². The van der Waals surface area contributed by atoms with Crippen LogP contribution in [-0.4, -0.2) is 40.1 Å². The third-order valence-electron chi connectivity index (χ3n) is 3.19. The minimum Gasteiger partial charge on any atom is -0.481 e. The topological polar surface area (TPSA) is 108 Å². The summed E-state index contributed by atoms with van der Waals surface area (Å²) in [6, 6.07) is 8.11. The van der Waals surface area contributed by atoms with Crippen LogP contribution in [0.4, 0.5) is 5.69 Å². The zero-order valence-electron chi connectivity index (χ0n) is 14.0. The molecule has 3 aromatic rings. The van der Waals surface area contributed by atoms with Gasteiger partial charge in [-0.25, -0.2) is 4.98 Å². The lowest BCUT2D eigenvalue weighted by atomic mass is 10.2. The van der Waals surface area contributed by atoms with Gasteiger partial charge < -0.3 is 19.5 Å². The van der Waals surface area contributed by atoms with Crippen LogP contribution in [0.2, 0.25) is 0 Å². The first-order valence-corrected chi connectivity index (χ1v) is 7.50. The Hall–Kier alpha value is -3.75. The number of nitrogens with one attached hydrogen (secondary N) is 1. The van der Waals surface area contributed by atoms with Gasteiger partial charge in [0.25, 0.3) is 5.91 Å². The van der Waals surface area contributed by atoms with E-state index in [-0.39, 0.29) is 17.8 Å². The van der Waals surface area contributed by atoms with Crippen molar-refractivity contribution in [2.75, 3.05) is 19.5 Å².